The van der Waals surface area contributed by atoms with Crippen LogP contribution in [0.4, 0.5) is 4.39 Å². The van der Waals surface area contributed by atoms with Gasteiger partial charge in [0.1, 0.15) is 21.3 Å². The van der Waals surface area contributed by atoms with Crippen molar-refractivity contribution in [2.45, 2.75) is 58.7 Å². The van der Waals surface area contributed by atoms with Gasteiger partial charge in [-0.2, -0.15) is 0 Å². The average Bonchev–Trinajstić information content (AvgIpc) is 2.94. The van der Waals surface area contributed by atoms with Crippen LogP contribution in [0.5, 0.6) is 0 Å². The summed E-state index contributed by atoms with van der Waals surface area (Å²) < 4.78 is 20.1. The molecule has 0 aliphatic carbocycles. The van der Waals surface area contributed by atoms with Gasteiger partial charge >= 0.3 is 5.97 Å². The summed E-state index contributed by atoms with van der Waals surface area (Å²) in [5, 5.41) is 3.11. The predicted molar refractivity (Wildman–Crippen MR) is 119 cm³/mol. The molecule has 0 fully saturated rings. The first-order valence-electron chi connectivity index (χ1n) is 10.6. The molecule has 9 heteroatoms. The molecule has 3 heterocycles. The van der Waals surface area contributed by atoms with Crippen molar-refractivity contribution in [3.63, 3.8) is 0 Å². The normalized spacial score (nSPS) is 14.5. The van der Waals surface area contributed by atoms with E-state index in [1.807, 2.05) is 0 Å². The zero-order valence-electron chi connectivity index (χ0n) is 17.9. The lowest BCUT2D eigenvalue weighted by atomic mass is 10.2. The van der Waals surface area contributed by atoms with Crippen molar-refractivity contribution in [2.24, 2.45) is 0 Å². The number of ether oxygens (including phenoxy) is 1. The number of nitrogens with zero attached hydrogens (tertiary/aromatic N) is 2. The highest BCUT2D eigenvalue weighted by atomic mass is 32.1. The van der Waals surface area contributed by atoms with Gasteiger partial charge in [0.15, 0.2) is 6.10 Å². The largest absolute Gasteiger partial charge is 0.448 e. The molecular weight excluding hydrogens is 433 g/mol. The van der Waals surface area contributed by atoms with E-state index in [0.717, 1.165) is 48.4 Å². The lowest BCUT2D eigenvalue weighted by molar-refractivity contribution is -0.129. The Kier molecular flexibility index (Phi) is 6.36. The maximum Gasteiger partial charge on any atom is 0.349 e. The summed E-state index contributed by atoms with van der Waals surface area (Å²) in [6.07, 6.45) is 2.70. The molecule has 1 unspecified atom stereocenters. The van der Waals surface area contributed by atoms with Crippen molar-refractivity contribution in [1.29, 1.82) is 0 Å². The molecule has 3 aromatic rings. The van der Waals surface area contributed by atoms with Crippen molar-refractivity contribution in [3.05, 3.63) is 62.3 Å². The SMILES string of the molecule is Cc1c(C(=O)OC(C)C(=O)NCc2ccc(F)cc2)sc2nc3n(c(=O)c12)CCCCC3. The number of amides is 1. The van der Waals surface area contributed by atoms with Crippen LogP contribution in [0.3, 0.4) is 0 Å². The highest BCUT2D eigenvalue weighted by molar-refractivity contribution is 7.20. The van der Waals surface area contributed by atoms with E-state index < -0.39 is 18.0 Å². The van der Waals surface area contributed by atoms with Gasteiger partial charge in [-0.05, 0) is 49.9 Å². The Balaban J connectivity index is 1.49. The lowest BCUT2D eigenvalue weighted by Gasteiger charge is -2.13. The number of aryl methyl sites for hydroxylation is 2. The topological polar surface area (TPSA) is 90.3 Å². The Bertz CT molecular complexity index is 1230. The van der Waals surface area contributed by atoms with Gasteiger partial charge in [0, 0.05) is 19.5 Å². The smallest absolute Gasteiger partial charge is 0.349 e. The van der Waals surface area contributed by atoms with Crippen LogP contribution in [0.1, 0.15) is 52.8 Å². The summed E-state index contributed by atoms with van der Waals surface area (Å²) in [5.74, 6) is -0.720. The van der Waals surface area contributed by atoms with Gasteiger partial charge in [0.25, 0.3) is 11.5 Å². The minimum atomic E-state index is -1.03. The molecule has 32 heavy (non-hydrogen) atoms. The summed E-state index contributed by atoms with van der Waals surface area (Å²) in [7, 11) is 0. The quantitative estimate of drug-likeness (QED) is 0.593. The van der Waals surface area contributed by atoms with Crippen molar-refractivity contribution >= 4 is 33.4 Å². The summed E-state index contributed by atoms with van der Waals surface area (Å²) in [6.45, 7) is 4.02. The molecule has 1 N–H and O–H groups in total. The van der Waals surface area contributed by atoms with Gasteiger partial charge in [-0.25, -0.2) is 14.2 Å². The fourth-order valence-corrected chi connectivity index (χ4v) is 4.88. The van der Waals surface area contributed by atoms with Crippen LogP contribution in [-0.4, -0.2) is 27.5 Å². The van der Waals surface area contributed by atoms with E-state index in [4.69, 9.17) is 4.74 Å². The van der Waals surface area contributed by atoms with Gasteiger partial charge in [0.05, 0.1) is 5.39 Å². The average molecular weight is 458 g/mol. The first-order chi connectivity index (χ1) is 15.3. The van der Waals surface area contributed by atoms with Crippen molar-refractivity contribution < 1.29 is 18.7 Å². The molecule has 0 spiro atoms. The number of hydrogen-bond donors (Lipinski definition) is 1. The summed E-state index contributed by atoms with van der Waals surface area (Å²) >= 11 is 1.12. The molecule has 0 bridgehead atoms. The first-order valence-corrected chi connectivity index (χ1v) is 11.4. The molecule has 1 aromatic carbocycles. The van der Waals surface area contributed by atoms with Gasteiger partial charge in [0.2, 0.25) is 0 Å². The summed E-state index contributed by atoms with van der Waals surface area (Å²) in [4.78, 5) is 43.6. The molecule has 7 nitrogen and oxygen atoms in total. The minimum Gasteiger partial charge on any atom is -0.448 e. The number of aromatic nitrogens is 2. The molecule has 168 valence electrons. The number of halogens is 1. The molecule has 4 rings (SSSR count). The van der Waals surface area contributed by atoms with E-state index in [2.05, 4.69) is 10.3 Å². The van der Waals surface area contributed by atoms with Crippen LogP contribution >= 0.6 is 11.3 Å². The Labute approximate surface area is 188 Å². The third-order valence-electron chi connectivity index (χ3n) is 5.63. The molecule has 0 saturated heterocycles. The second-order valence-electron chi connectivity index (χ2n) is 7.92. The number of nitrogens with one attached hydrogen (secondary N) is 1. The van der Waals surface area contributed by atoms with Crippen LogP contribution < -0.4 is 10.9 Å². The molecular formula is C23H24FN3O4S. The van der Waals surface area contributed by atoms with E-state index in [-0.39, 0.29) is 22.8 Å². The molecule has 2 aromatic heterocycles. The van der Waals surface area contributed by atoms with Gasteiger partial charge < -0.3 is 10.1 Å². The Morgan fingerprint density at radius 1 is 1.25 bits per heavy atom. The second-order valence-corrected chi connectivity index (χ2v) is 8.92. The van der Waals surface area contributed by atoms with E-state index in [1.54, 1.807) is 23.6 Å². The number of carbonyl (C=O) groups is 2. The summed E-state index contributed by atoms with van der Waals surface area (Å²) in [5.41, 5.74) is 1.14. The number of rotatable bonds is 5. The van der Waals surface area contributed by atoms with Crippen molar-refractivity contribution in [1.82, 2.24) is 14.9 Å². The third kappa shape index (κ3) is 4.43. The fraction of sp³-hybridized carbons (Fsp3) is 0.391. The number of hydrogen-bond acceptors (Lipinski definition) is 6. The van der Waals surface area contributed by atoms with E-state index >= 15 is 0 Å². The summed E-state index contributed by atoms with van der Waals surface area (Å²) in [6, 6.07) is 5.76. The van der Waals surface area contributed by atoms with Crippen LogP contribution in [-0.2, 0) is 29.0 Å². The standard InChI is InChI=1S/C23H24FN3O4S/c1-13-18-21(26-17-6-4-3-5-11-27(17)22(18)29)32-19(13)23(30)31-14(2)20(28)25-12-15-7-9-16(24)10-8-15/h7-10,14H,3-6,11-12H2,1-2H3,(H,25,28). The van der Waals surface area contributed by atoms with Crippen LogP contribution in [0.2, 0.25) is 0 Å². The van der Waals surface area contributed by atoms with Gasteiger partial charge in [-0.3, -0.25) is 14.2 Å². The maximum atomic E-state index is 13.0. The van der Waals surface area contributed by atoms with E-state index in [1.165, 1.54) is 19.1 Å². The van der Waals surface area contributed by atoms with Crippen LogP contribution in [0, 0.1) is 12.7 Å². The van der Waals surface area contributed by atoms with E-state index in [0.29, 0.717) is 22.3 Å². The zero-order chi connectivity index (χ0) is 22.8. The van der Waals surface area contributed by atoms with Crippen molar-refractivity contribution in [3.8, 4) is 0 Å². The molecule has 1 atom stereocenters. The first kappa shape index (κ1) is 22.1. The number of fused-ring (bicyclic) bond motifs is 2. The third-order valence-corrected chi connectivity index (χ3v) is 6.80. The number of carbonyl (C=O) groups excluding carboxylic acids is 2. The van der Waals surface area contributed by atoms with Crippen molar-refractivity contribution in [2.75, 3.05) is 0 Å². The van der Waals surface area contributed by atoms with Crippen LogP contribution in [0.25, 0.3) is 10.2 Å². The number of esters is 1. The molecule has 0 saturated carbocycles. The molecule has 1 amide bonds. The van der Waals surface area contributed by atoms with Gasteiger partial charge in [-0.1, -0.05) is 18.6 Å². The maximum absolute atomic E-state index is 13.0. The Hall–Kier alpha value is -3.07. The molecule has 1 aliphatic rings. The van der Waals surface area contributed by atoms with Crippen LogP contribution in [0.15, 0.2) is 29.1 Å². The molecule has 1 aliphatic heterocycles. The highest BCUT2D eigenvalue weighted by Crippen LogP contribution is 2.29. The number of thiophene rings is 1. The zero-order valence-corrected chi connectivity index (χ0v) is 18.8. The fourth-order valence-electron chi connectivity index (χ4n) is 3.81. The predicted octanol–water partition coefficient (Wildman–Crippen LogP) is 3.49. The highest BCUT2D eigenvalue weighted by Gasteiger charge is 2.25. The Morgan fingerprint density at radius 2 is 2.00 bits per heavy atom. The lowest BCUT2D eigenvalue weighted by Crippen LogP contribution is -2.35. The Morgan fingerprint density at radius 3 is 2.75 bits per heavy atom. The monoisotopic (exact) mass is 457 g/mol. The second kappa shape index (κ2) is 9.20. The van der Waals surface area contributed by atoms with E-state index in [9.17, 15) is 18.8 Å². The minimum absolute atomic E-state index is 0.121. The molecule has 0 radical (unpaired) electrons. The van der Waals surface area contributed by atoms with Gasteiger partial charge in [-0.15, -0.1) is 11.3 Å². The number of benzene rings is 1.